The number of hydrogen-bond donors (Lipinski definition) is 1. The first-order valence-electron chi connectivity index (χ1n) is 5.68. The summed E-state index contributed by atoms with van der Waals surface area (Å²) in [7, 11) is 0. The highest BCUT2D eigenvalue weighted by Crippen LogP contribution is 2.21. The van der Waals surface area contributed by atoms with E-state index in [-0.39, 0.29) is 5.56 Å². The molecule has 0 amide bonds. The Balaban J connectivity index is 2.28. The molecule has 0 aliphatic carbocycles. The monoisotopic (exact) mass is 271 g/mol. The molecule has 1 aromatic heterocycles. The van der Waals surface area contributed by atoms with E-state index in [1.54, 1.807) is 30.3 Å². The lowest BCUT2D eigenvalue weighted by molar-refractivity contribution is 0.964. The van der Waals surface area contributed by atoms with E-state index in [9.17, 15) is 4.79 Å². The van der Waals surface area contributed by atoms with Gasteiger partial charge in [-0.05, 0) is 30.3 Å². The minimum atomic E-state index is -0.132. The summed E-state index contributed by atoms with van der Waals surface area (Å²) in [4.78, 5) is 16.6. The Morgan fingerprint density at radius 2 is 1.95 bits per heavy atom. The Hall–Kier alpha value is -2.33. The molecule has 0 spiro atoms. The van der Waals surface area contributed by atoms with Gasteiger partial charge in [0, 0.05) is 0 Å². The van der Waals surface area contributed by atoms with Crippen LogP contribution in [0.15, 0.2) is 53.6 Å². The Morgan fingerprint density at radius 3 is 2.74 bits per heavy atom. The van der Waals surface area contributed by atoms with Crippen LogP contribution in [-0.4, -0.2) is 9.55 Å². The molecule has 0 fully saturated rings. The second-order valence-corrected chi connectivity index (χ2v) is 4.55. The summed E-state index contributed by atoms with van der Waals surface area (Å²) in [5, 5.41) is 1.03. The molecule has 0 aliphatic heterocycles. The quantitative estimate of drug-likeness (QED) is 0.692. The van der Waals surface area contributed by atoms with Crippen LogP contribution in [0.3, 0.4) is 0 Å². The Labute approximate surface area is 114 Å². The van der Waals surface area contributed by atoms with Gasteiger partial charge < -0.3 is 5.73 Å². The summed E-state index contributed by atoms with van der Waals surface area (Å²) in [5.41, 5.74) is 7.37. The molecular formula is C14H10ClN3O. The van der Waals surface area contributed by atoms with Gasteiger partial charge in [-0.2, -0.15) is 0 Å². The van der Waals surface area contributed by atoms with Crippen molar-refractivity contribution in [3.63, 3.8) is 0 Å². The third kappa shape index (κ3) is 1.96. The second kappa shape index (κ2) is 4.40. The van der Waals surface area contributed by atoms with Crippen molar-refractivity contribution in [1.82, 2.24) is 9.55 Å². The van der Waals surface area contributed by atoms with Crippen molar-refractivity contribution in [1.29, 1.82) is 0 Å². The summed E-state index contributed by atoms with van der Waals surface area (Å²) in [6.07, 6.45) is 1.49. The molecule has 0 saturated carbocycles. The van der Waals surface area contributed by atoms with Gasteiger partial charge in [-0.15, -0.1) is 0 Å². The maximum atomic E-state index is 12.4. The van der Waals surface area contributed by atoms with Crippen molar-refractivity contribution >= 4 is 28.2 Å². The molecular weight excluding hydrogens is 262 g/mol. The van der Waals surface area contributed by atoms with Crippen LogP contribution >= 0.6 is 11.6 Å². The second-order valence-electron chi connectivity index (χ2n) is 4.14. The Bertz CT molecular complexity index is 826. The van der Waals surface area contributed by atoms with E-state index in [1.807, 2.05) is 12.1 Å². The van der Waals surface area contributed by atoms with Crippen LogP contribution in [0.1, 0.15) is 0 Å². The zero-order chi connectivity index (χ0) is 13.4. The average molecular weight is 272 g/mol. The summed E-state index contributed by atoms with van der Waals surface area (Å²) >= 11 is 5.87. The van der Waals surface area contributed by atoms with Gasteiger partial charge in [-0.1, -0.05) is 23.7 Å². The highest BCUT2D eigenvalue weighted by atomic mass is 35.5. The molecule has 3 aromatic rings. The lowest BCUT2D eigenvalue weighted by Crippen LogP contribution is -2.18. The summed E-state index contributed by atoms with van der Waals surface area (Å²) in [6, 6.07) is 12.3. The first-order chi connectivity index (χ1) is 9.16. The van der Waals surface area contributed by atoms with Gasteiger partial charge in [0.05, 0.1) is 27.3 Å². The lowest BCUT2D eigenvalue weighted by Gasteiger charge is -2.08. The molecule has 0 aliphatic rings. The minimum absolute atomic E-state index is 0.132. The average Bonchev–Trinajstić information content (AvgIpc) is 2.43. The SMILES string of the molecule is Nc1cc(-n2cnc3ccccc3c2=O)ccc1Cl. The maximum absolute atomic E-state index is 12.4. The van der Waals surface area contributed by atoms with Crippen molar-refractivity contribution in [2.24, 2.45) is 0 Å². The van der Waals surface area contributed by atoms with E-state index in [4.69, 9.17) is 17.3 Å². The van der Waals surface area contributed by atoms with Gasteiger partial charge in [0.15, 0.2) is 0 Å². The molecule has 0 unspecified atom stereocenters. The molecule has 2 N–H and O–H groups in total. The number of rotatable bonds is 1. The first kappa shape index (κ1) is 11.7. The van der Waals surface area contributed by atoms with Gasteiger partial charge in [-0.25, -0.2) is 4.98 Å². The van der Waals surface area contributed by atoms with Gasteiger partial charge in [0.1, 0.15) is 6.33 Å². The summed E-state index contributed by atoms with van der Waals surface area (Å²) in [6.45, 7) is 0. The van der Waals surface area contributed by atoms with Gasteiger partial charge in [0.2, 0.25) is 0 Å². The van der Waals surface area contributed by atoms with E-state index >= 15 is 0 Å². The van der Waals surface area contributed by atoms with Crippen LogP contribution in [0.4, 0.5) is 5.69 Å². The van der Waals surface area contributed by atoms with Crippen molar-refractivity contribution in [3.8, 4) is 5.69 Å². The molecule has 0 saturated heterocycles. The first-order valence-corrected chi connectivity index (χ1v) is 6.06. The van der Waals surface area contributed by atoms with Gasteiger partial charge in [0.25, 0.3) is 5.56 Å². The Morgan fingerprint density at radius 1 is 1.16 bits per heavy atom. The molecule has 0 atom stereocenters. The molecule has 3 rings (SSSR count). The van der Waals surface area contributed by atoms with Crippen LogP contribution < -0.4 is 11.3 Å². The fraction of sp³-hybridized carbons (Fsp3) is 0. The molecule has 2 aromatic carbocycles. The van der Waals surface area contributed by atoms with E-state index in [0.717, 1.165) is 0 Å². The number of fused-ring (bicyclic) bond motifs is 1. The van der Waals surface area contributed by atoms with Crippen LogP contribution in [0, 0.1) is 0 Å². The van der Waals surface area contributed by atoms with Crippen molar-refractivity contribution < 1.29 is 0 Å². The molecule has 0 bridgehead atoms. The highest BCUT2D eigenvalue weighted by molar-refractivity contribution is 6.33. The normalized spacial score (nSPS) is 10.8. The topological polar surface area (TPSA) is 60.9 Å². The van der Waals surface area contributed by atoms with Crippen LogP contribution in [-0.2, 0) is 0 Å². The third-order valence-corrected chi connectivity index (χ3v) is 3.27. The van der Waals surface area contributed by atoms with E-state index in [1.165, 1.54) is 10.9 Å². The third-order valence-electron chi connectivity index (χ3n) is 2.92. The molecule has 4 nitrogen and oxygen atoms in total. The van der Waals surface area contributed by atoms with Crippen molar-refractivity contribution in [2.75, 3.05) is 5.73 Å². The van der Waals surface area contributed by atoms with Crippen molar-refractivity contribution in [3.05, 3.63) is 64.2 Å². The number of nitrogens with two attached hydrogens (primary N) is 1. The van der Waals surface area contributed by atoms with Crippen LogP contribution in [0.5, 0.6) is 0 Å². The molecule has 19 heavy (non-hydrogen) atoms. The maximum Gasteiger partial charge on any atom is 0.265 e. The van der Waals surface area contributed by atoms with Crippen LogP contribution in [0.2, 0.25) is 5.02 Å². The number of hydrogen-bond acceptors (Lipinski definition) is 3. The number of nitrogen functional groups attached to an aromatic ring is 1. The fourth-order valence-corrected chi connectivity index (χ4v) is 2.05. The molecule has 1 heterocycles. The lowest BCUT2D eigenvalue weighted by atomic mass is 10.2. The number of halogens is 1. The summed E-state index contributed by atoms with van der Waals surface area (Å²) in [5.74, 6) is 0. The smallest absolute Gasteiger partial charge is 0.265 e. The zero-order valence-electron chi connectivity index (χ0n) is 9.88. The van der Waals surface area contributed by atoms with Gasteiger partial charge in [-0.3, -0.25) is 9.36 Å². The van der Waals surface area contributed by atoms with E-state index in [0.29, 0.717) is 27.3 Å². The molecule has 5 heteroatoms. The number of anilines is 1. The predicted molar refractivity (Wildman–Crippen MR) is 76.8 cm³/mol. The van der Waals surface area contributed by atoms with Crippen molar-refractivity contribution in [2.45, 2.75) is 0 Å². The number of benzene rings is 2. The molecule has 94 valence electrons. The van der Waals surface area contributed by atoms with E-state index < -0.39 is 0 Å². The standard InChI is InChI=1S/C14H10ClN3O/c15-11-6-5-9(7-12(11)16)18-8-17-13-4-2-1-3-10(13)14(18)19/h1-8H,16H2. The highest BCUT2D eigenvalue weighted by Gasteiger charge is 2.06. The van der Waals surface area contributed by atoms with Crippen LogP contribution in [0.25, 0.3) is 16.6 Å². The molecule has 0 radical (unpaired) electrons. The van der Waals surface area contributed by atoms with Gasteiger partial charge >= 0.3 is 0 Å². The number of para-hydroxylation sites is 1. The minimum Gasteiger partial charge on any atom is -0.397 e. The predicted octanol–water partition coefficient (Wildman–Crippen LogP) is 2.62. The summed E-state index contributed by atoms with van der Waals surface area (Å²) < 4.78 is 1.45. The van der Waals surface area contributed by atoms with E-state index in [2.05, 4.69) is 4.98 Å². The number of nitrogens with zero attached hydrogens (tertiary/aromatic N) is 2. The Kier molecular flexibility index (Phi) is 2.72. The zero-order valence-corrected chi connectivity index (χ0v) is 10.6. The largest absolute Gasteiger partial charge is 0.397 e. The number of aromatic nitrogens is 2. The fourth-order valence-electron chi connectivity index (χ4n) is 1.93.